The number of carbonyl (C=O) groups is 1. The van der Waals surface area contributed by atoms with E-state index < -0.39 is 0 Å². The van der Waals surface area contributed by atoms with Crippen LogP contribution in [-0.2, 0) is 24.2 Å². The molecule has 0 saturated heterocycles. The van der Waals surface area contributed by atoms with Crippen molar-refractivity contribution in [2.45, 2.75) is 26.4 Å². The smallest absolute Gasteiger partial charge is 0.338 e. The van der Waals surface area contributed by atoms with Crippen LogP contribution in [0.15, 0.2) is 48.5 Å². The van der Waals surface area contributed by atoms with Gasteiger partial charge in [0.05, 0.1) is 12.7 Å². The third kappa shape index (κ3) is 4.17. The first-order chi connectivity index (χ1) is 10.2. The molecule has 1 N–H and O–H groups in total. The summed E-state index contributed by atoms with van der Waals surface area (Å²) >= 11 is 0. The van der Waals surface area contributed by atoms with Crippen molar-refractivity contribution in [2.24, 2.45) is 0 Å². The van der Waals surface area contributed by atoms with E-state index in [9.17, 15) is 4.79 Å². The average molecular weight is 283 g/mol. The number of nitrogens with one attached hydrogen (secondary N) is 1. The number of ether oxygens (including phenoxy) is 1. The Morgan fingerprint density at radius 1 is 1.00 bits per heavy atom. The molecule has 3 nitrogen and oxygen atoms in total. The Hall–Kier alpha value is -2.13. The van der Waals surface area contributed by atoms with Gasteiger partial charge in [0.1, 0.15) is 0 Å². The highest BCUT2D eigenvalue weighted by atomic mass is 16.5. The minimum atomic E-state index is -0.292. The van der Waals surface area contributed by atoms with Gasteiger partial charge in [-0.05, 0) is 29.2 Å². The topological polar surface area (TPSA) is 38.3 Å². The van der Waals surface area contributed by atoms with Crippen LogP contribution in [-0.4, -0.2) is 13.1 Å². The Morgan fingerprint density at radius 3 is 2.33 bits per heavy atom. The summed E-state index contributed by atoms with van der Waals surface area (Å²) in [6.45, 7) is 3.57. The first-order valence-electron chi connectivity index (χ1n) is 7.19. The molecule has 2 rings (SSSR count). The molecule has 0 amide bonds. The fraction of sp³-hybridized carbons (Fsp3) is 0.278. The Labute approximate surface area is 126 Å². The number of esters is 1. The summed E-state index contributed by atoms with van der Waals surface area (Å²) in [6, 6.07) is 16.1. The zero-order valence-corrected chi connectivity index (χ0v) is 12.6. The van der Waals surface area contributed by atoms with Crippen LogP contribution in [0.25, 0.3) is 0 Å². The number of hydrogen-bond donors (Lipinski definition) is 1. The summed E-state index contributed by atoms with van der Waals surface area (Å²) in [5.74, 6) is -0.292. The maximum Gasteiger partial charge on any atom is 0.338 e. The molecule has 0 spiro atoms. The third-order valence-corrected chi connectivity index (χ3v) is 3.50. The van der Waals surface area contributed by atoms with E-state index in [1.807, 2.05) is 18.2 Å². The molecule has 0 aromatic heterocycles. The van der Waals surface area contributed by atoms with Gasteiger partial charge in [-0.3, -0.25) is 0 Å². The summed E-state index contributed by atoms with van der Waals surface area (Å²) in [5, 5.41) is 3.37. The zero-order valence-electron chi connectivity index (χ0n) is 12.6. The molecule has 2 aromatic rings. The van der Waals surface area contributed by atoms with Crippen LogP contribution in [0.3, 0.4) is 0 Å². The summed E-state index contributed by atoms with van der Waals surface area (Å²) in [6.07, 6.45) is 1.06. The van der Waals surface area contributed by atoms with Crippen molar-refractivity contribution in [1.29, 1.82) is 0 Å². The van der Waals surface area contributed by atoms with E-state index in [0.717, 1.165) is 18.5 Å². The molecule has 0 aliphatic heterocycles. The SMILES string of the molecule is CCc1ccc(CNCc2ccccc2C(=O)OC)cc1. The lowest BCUT2D eigenvalue weighted by Gasteiger charge is -2.09. The van der Waals surface area contributed by atoms with Gasteiger partial charge in [0.2, 0.25) is 0 Å². The fourth-order valence-electron chi connectivity index (χ4n) is 2.22. The molecule has 0 fully saturated rings. The maximum absolute atomic E-state index is 11.7. The number of hydrogen-bond acceptors (Lipinski definition) is 3. The minimum Gasteiger partial charge on any atom is -0.465 e. The molecule has 0 heterocycles. The second-order valence-electron chi connectivity index (χ2n) is 4.92. The molecule has 0 aliphatic carbocycles. The molecule has 0 unspecified atom stereocenters. The van der Waals surface area contributed by atoms with Crippen molar-refractivity contribution >= 4 is 5.97 Å². The molecule has 0 atom stereocenters. The van der Waals surface area contributed by atoms with Gasteiger partial charge in [-0.2, -0.15) is 0 Å². The normalized spacial score (nSPS) is 10.4. The van der Waals surface area contributed by atoms with Crippen molar-refractivity contribution in [1.82, 2.24) is 5.32 Å². The molecule has 2 aromatic carbocycles. The molecule has 3 heteroatoms. The number of carbonyl (C=O) groups excluding carboxylic acids is 1. The van der Waals surface area contributed by atoms with Crippen molar-refractivity contribution in [3.05, 3.63) is 70.8 Å². The van der Waals surface area contributed by atoms with Gasteiger partial charge in [0.15, 0.2) is 0 Å². The van der Waals surface area contributed by atoms with E-state index in [0.29, 0.717) is 12.1 Å². The highest BCUT2D eigenvalue weighted by Crippen LogP contribution is 2.10. The molecule has 110 valence electrons. The number of aryl methyl sites for hydroxylation is 1. The van der Waals surface area contributed by atoms with E-state index in [1.54, 1.807) is 6.07 Å². The Morgan fingerprint density at radius 2 is 1.67 bits per heavy atom. The lowest BCUT2D eigenvalue weighted by molar-refractivity contribution is 0.0599. The minimum absolute atomic E-state index is 0.292. The Kier molecular flexibility index (Phi) is 5.52. The predicted octanol–water partition coefficient (Wildman–Crippen LogP) is 3.33. The van der Waals surface area contributed by atoms with E-state index in [-0.39, 0.29) is 5.97 Å². The van der Waals surface area contributed by atoms with Crippen LogP contribution in [0.2, 0.25) is 0 Å². The van der Waals surface area contributed by atoms with Crippen molar-refractivity contribution in [2.75, 3.05) is 7.11 Å². The summed E-state index contributed by atoms with van der Waals surface area (Å²) in [7, 11) is 1.40. The van der Waals surface area contributed by atoms with Crippen molar-refractivity contribution < 1.29 is 9.53 Å². The van der Waals surface area contributed by atoms with Crippen LogP contribution in [0.1, 0.15) is 34.0 Å². The number of methoxy groups -OCH3 is 1. The predicted molar refractivity (Wildman–Crippen MR) is 84.1 cm³/mol. The maximum atomic E-state index is 11.7. The van der Waals surface area contributed by atoms with Gasteiger partial charge in [-0.1, -0.05) is 49.4 Å². The first kappa shape index (κ1) is 15.3. The van der Waals surface area contributed by atoms with Crippen LogP contribution in [0, 0.1) is 0 Å². The van der Waals surface area contributed by atoms with Gasteiger partial charge in [-0.25, -0.2) is 4.79 Å². The van der Waals surface area contributed by atoms with Crippen LogP contribution in [0.5, 0.6) is 0 Å². The molecule has 0 radical (unpaired) electrons. The quantitative estimate of drug-likeness (QED) is 0.826. The van der Waals surface area contributed by atoms with E-state index in [4.69, 9.17) is 4.74 Å². The Bertz CT molecular complexity index is 590. The van der Waals surface area contributed by atoms with Crippen LogP contribution >= 0.6 is 0 Å². The highest BCUT2D eigenvalue weighted by molar-refractivity contribution is 5.90. The largest absolute Gasteiger partial charge is 0.465 e. The molecular formula is C18H21NO2. The third-order valence-electron chi connectivity index (χ3n) is 3.50. The summed E-state index contributed by atoms with van der Waals surface area (Å²) in [4.78, 5) is 11.7. The first-order valence-corrected chi connectivity index (χ1v) is 7.19. The summed E-state index contributed by atoms with van der Waals surface area (Å²) < 4.78 is 4.80. The summed E-state index contributed by atoms with van der Waals surface area (Å²) in [5.41, 5.74) is 4.15. The van der Waals surface area contributed by atoms with Gasteiger partial charge < -0.3 is 10.1 Å². The zero-order chi connectivity index (χ0) is 15.1. The molecule has 0 saturated carbocycles. The number of benzene rings is 2. The highest BCUT2D eigenvalue weighted by Gasteiger charge is 2.10. The van der Waals surface area contributed by atoms with Crippen molar-refractivity contribution in [3.8, 4) is 0 Å². The second-order valence-corrected chi connectivity index (χ2v) is 4.92. The van der Waals surface area contributed by atoms with E-state index in [2.05, 4.69) is 36.5 Å². The standard InChI is InChI=1S/C18H21NO2/c1-3-14-8-10-15(11-9-14)12-19-13-16-6-4-5-7-17(16)18(20)21-2/h4-11,19H,3,12-13H2,1-2H3. The lowest BCUT2D eigenvalue weighted by Crippen LogP contribution is -2.16. The molecule has 0 aliphatic rings. The van der Waals surface area contributed by atoms with E-state index in [1.165, 1.54) is 18.2 Å². The monoisotopic (exact) mass is 283 g/mol. The fourth-order valence-corrected chi connectivity index (χ4v) is 2.22. The van der Waals surface area contributed by atoms with Gasteiger partial charge in [-0.15, -0.1) is 0 Å². The lowest BCUT2D eigenvalue weighted by atomic mass is 10.1. The van der Waals surface area contributed by atoms with Crippen LogP contribution < -0.4 is 5.32 Å². The number of rotatable bonds is 6. The second kappa shape index (κ2) is 7.60. The molecule has 0 bridgehead atoms. The average Bonchev–Trinajstić information content (AvgIpc) is 2.55. The van der Waals surface area contributed by atoms with Crippen molar-refractivity contribution in [3.63, 3.8) is 0 Å². The van der Waals surface area contributed by atoms with Gasteiger partial charge in [0.25, 0.3) is 0 Å². The molecule has 21 heavy (non-hydrogen) atoms. The Balaban J connectivity index is 1.95. The van der Waals surface area contributed by atoms with E-state index >= 15 is 0 Å². The molecular weight excluding hydrogens is 262 g/mol. The van der Waals surface area contributed by atoms with Gasteiger partial charge >= 0.3 is 5.97 Å². The van der Waals surface area contributed by atoms with Gasteiger partial charge in [0, 0.05) is 13.1 Å². The van der Waals surface area contributed by atoms with Crippen LogP contribution in [0.4, 0.5) is 0 Å².